The smallest absolute Gasteiger partial charge is 0.335 e. The van der Waals surface area contributed by atoms with Gasteiger partial charge in [-0.25, -0.2) is 4.79 Å². The summed E-state index contributed by atoms with van der Waals surface area (Å²) in [6, 6.07) is 11.2. The SMILES string of the molecule is CCc1ccc(N2C(=O)C3C=CC=CC3=[N+](Cc3nc(-c4cccc(C(F)(F)F)c4)no3)C2=O)cc1. The van der Waals surface area contributed by atoms with Crippen LogP contribution in [0.15, 0.2) is 77.4 Å². The topological polar surface area (TPSA) is 79.3 Å². The normalized spacial score (nSPS) is 17.7. The molecule has 1 unspecified atom stereocenters. The number of fused-ring (bicyclic) bond motifs is 1. The monoisotopic (exact) mass is 493 g/mol. The van der Waals surface area contributed by atoms with Crippen molar-refractivity contribution in [3.8, 4) is 11.4 Å². The van der Waals surface area contributed by atoms with Crippen molar-refractivity contribution in [2.75, 3.05) is 4.90 Å². The minimum atomic E-state index is -4.51. The van der Waals surface area contributed by atoms with Gasteiger partial charge in [-0.3, -0.25) is 0 Å². The molecule has 36 heavy (non-hydrogen) atoms. The van der Waals surface area contributed by atoms with Crippen LogP contribution < -0.4 is 4.90 Å². The second-order valence-electron chi connectivity index (χ2n) is 8.30. The van der Waals surface area contributed by atoms with E-state index in [0.29, 0.717) is 11.4 Å². The van der Waals surface area contributed by atoms with Crippen LogP contribution in [0.1, 0.15) is 23.9 Å². The highest BCUT2D eigenvalue weighted by atomic mass is 19.4. The van der Waals surface area contributed by atoms with Gasteiger partial charge in [-0.1, -0.05) is 54.6 Å². The van der Waals surface area contributed by atoms with E-state index in [9.17, 15) is 22.8 Å². The maximum Gasteiger partial charge on any atom is 0.506 e. The number of carbonyl (C=O) groups is 2. The van der Waals surface area contributed by atoms with Crippen LogP contribution in [0.3, 0.4) is 0 Å². The molecule has 0 spiro atoms. The lowest BCUT2D eigenvalue weighted by molar-refractivity contribution is -0.449. The third kappa shape index (κ3) is 4.26. The molecule has 3 aromatic rings. The van der Waals surface area contributed by atoms with Crippen molar-refractivity contribution in [3.63, 3.8) is 0 Å². The summed E-state index contributed by atoms with van der Waals surface area (Å²) in [5, 5.41) is 3.80. The largest absolute Gasteiger partial charge is 0.506 e. The summed E-state index contributed by atoms with van der Waals surface area (Å²) in [6.07, 6.45) is 3.12. The number of rotatable bonds is 5. The Kier molecular flexibility index (Phi) is 5.87. The molecule has 7 nitrogen and oxygen atoms in total. The predicted octanol–water partition coefficient (Wildman–Crippen LogP) is 5.18. The van der Waals surface area contributed by atoms with E-state index in [-0.39, 0.29) is 29.7 Å². The van der Waals surface area contributed by atoms with E-state index < -0.39 is 23.7 Å². The molecule has 2 aliphatic rings. The van der Waals surface area contributed by atoms with Crippen LogP contribution in [0.2, 0.25) is 0 Å². The zero-order valence-corrected chi connectivity index (χ0v) is 19.1. The summed E-state index contributed by atoms with van der Waals surface area (Å²) >= 11 is 0. The van der Waals surface area contributed by atoms with Crippen molar-refractivity contribution >= 4 is 23.3 Å². The van der Waals surface area contributed by atoms with E-state index in [2.05, 4.69) is 10.1 Å². The molecule has 0 fully saturated rings. The summed E-state index contributed by atoms with van der Waals surface area (Å²) in [5.74, 6) is -1.10. The van der Waals surface area contributed by atoms with Gasteiger partial charge in [0.1, 0.15) is 17.3 Å². The van der Waals surface area contributed by atoms with Gasteiger partial charge in [-0.2, -0.15) is 27.5 Å². The third-order valence-electron chi connectivity index (χ3n) is 6.03. The molecule has 2 aromatic carbocycles. The van der Waals surface area contributed by atoms with Crippen molar-refractivity contribution in [2.24, 2.45) is 5.92 Å². The lowest BCUT2D eigenvalue weighted by Crippen LogP contribution is -2.54. The molecule has 1 atom stereocenters. The molecule has 1 aliphatic carbocycles. The van der Waals surface area contributed by atoms with Gasteiger partial charge >= 0.3 is 18.1 Å². The molecule has 0 bridgehead atoms. The van der Waals surface area contributed by atoms with Gasteiger partial charge in [0.2, 0.25) is 5.82 Å². The molecule has 0 radical (unpaired) electrons. The van der Waals surface area contributed by atoms with Crippen LogP contribution >= 0.6 is 0 Å². The summed E-state index contributed by atoms with van der Waals surface area (Å²) in [4.78, 5) is 32.1. The fourth-order valence-corrected chi connectivity index (χ4v) is 4.15. The number of halogens is 3. The molecule has 182 valence electrons. The third-order valence-corrected chi connectivity index (χ3v) is 6.03. The van der Waals surface area contributed by atoms with Crippen LogP contribution in [-0.2, 0) is 23.9 Å². The molecular formula is C26H20F3N4O3+. The molecule has 1 aromatic heterocycles. The van der Waals surface area contributed by atoms with Crippen molar-refractivity contribution in [2.45, 2.75) is 26.1 Å². The van der Waals surface area contributed by atoms with E-state index in [0.717, 1.165) is 29.0 Å². The first kappa shape index (κ1) is 23.4. The molecule has 10 heteroatoms. The minimum Gasteiger partial charge on any atom is -0.335 e. The minimum absolute atomic E-state index is 0.0144. The lowest BCUT2D eigenvalue weighted by atomic mass is 9.94. The molecule has 5 rings (SSSR count). The van der Waals surface area contributed by atoms with Gasteiger partial charge in [-0.05, 0) is 42.3 Å². The van der Waals surface area contributed by atoms with E-state index in [1.54, 1.807) is 36.4 Å². The number of carbonyl (C=O) groups excluding carboxylic acids is 2. The van der Waals surface area contributed by atoms with E-state index in [1.807, 2.05) is 19.1 Å². The molecule has 2 heterocycles. The molecule has 0 saturated heterocycles. The standard InChI is InChI=1S/C26H20F3N4O3/c1-2-16-10-12-19(13-11-16)33-24(34)20-8-3-4-9-21(20)32(25(33)35)15-22-30-23(31-36-22)17-6-5-7-18(14-17)26(27,28)29/h3-14,20H,2,15H2,1H3/q+1. The molecule has 0 saturated carbocycles. The van der Waals surface area contributed by atoms with Gasteiger partial charge in [-0.15, -0.1) is 4.90 Å². The molecular weight excluding hydrogens is 473 g/mol. The highest BCUT2D eigenvalue weighted by Gasteiger charge is 2.48. The highest BCUT2D eigenvalue weighted by molar-refractivity contribution is 6.25. The van der Waals surface area contributed by atoms with Gasteiger partial charge in [0.15, 0.2) is 6.54 Å². The van der Waals surface area contributed by atoms with Crippen LogP contribution in [-0.4, -0.2) is 32.4 Å². The summed E-state index contributed by atoms with van der Waals surface area (Å²) in [5.41, 5.74) is 1.24. The Morgan fingerprint density at radius 1 is 1.08 bits per heavy atom. The molecule has 3 amide bonds. The number of aromatic nitrogens is 2. The Hall–Kier alpha value is -4.34. The number of urea groups is 1. The Morgan fingerprint density at radius 3 is 2.58 bits per heavy atom. The highest BCUT2D eigenvalue weighted by Crippen LogP contribution is 2.32. The number of amides is 3. The van der Waals surface area contributed by atoms with Gasteiger partial charge < -0.3 is 4.52 Å². The number of hydrogen-bond donors (Lipinski definition) is 0. The second kappa shape index (κ2) is 9.03. The Bertz CT molecular complexity index is 1440. The number of allylic oxidation sites excluding steroid dienone is 3. The average molecular weight is 493 g/mol. The number of anilines is 1. The lowest BCUT2D eigenvalue weighted by Gasteiger charge is -2.26. The predicted molar refractivity (Wildman–Crippen MR) is 124 cm³/mol. The molecule has 1 aliphatic heterocycles. The first-order chi connectivity index (χ1) is 17.3. The first-order valence-corrected chi connectivity index (χ1v) is 11.2. The van der Waals surface area contributed by atoms with Crippen molar-refractivity contribution in [1.29, 1.82) is 0 Å². The van der Waals surface area contributed by atoms with Crippen molar-refractivity contribution in [3.05, 3.63) is 89.9 Å². The van der Waals surface area contributed by atoms with E-state index >= 15 is 0 Å². The van der Waals surface area contributed by atoms with Crippen LogP contribution in [0.25, 0.3) is 11.4 Å². The Morgan fingerprint density at radius 2 is 1.86 bits per heavy atom. The zero-order chi connectivity index (χ0) is 25.4. The van der Waals surface area contributed by atoms with E-state index in [1.165, 1.54) is 16.7 Å². The summed E-state index contributed by atoms with van der Waals surface area (Å²) in [7, 11) is 0. The maximum absolute atomic E-state index is 13.5. The summed E-state index contributed by atoms with van der Waals surface area (Å²) < 4.78 is 45.9. The average Bonchev–Trinajstić information content (AvgIpc) is 3.35. The summed E-state index contributed by atoms with van der Waals surface area (Å²) in [6.45, 7) is 1.85. The fourth-order valence-electron chi connectivity index (χ4n) is 4.15. The quantitative estimate of drug-likeness (QED) is 0.458. The zero-order valence-electron chi connectivity index (χ0n) is 19.1. The number of imide groups is 1. The fraction of sp³-hybridized carbons (Fsp3) is 0.192. The number of benzene rings is 2. The second-order valence-corrected chi connectivity index (χ2v) is 8.30. The van der Waals surface area contributed by atoms with Crippen molar-refractivity contribution < 1.29 is 31.9 Å². The Labute approximate surface area is 203 Å². The Balaban J connectivity index is 1.49. The number of aryl methyl sites for hydroxylation is 1. The van der Waals surface area contributed by atoms with Gasteiger partial charge in [0.05, 0.1) is 5.56 Å². The van der Waals surface area contributed by atoms with Crippen molar-refractivity contribution in [1.82, 2.24) is 10.1 Å². The van der Waals surface area contributed by atoms with Crippen LogP contribution in [0.4, 0.5) is 23.7 Å². The number of hydrogen-bond acceptors (Lipinski definition) is 5. The van der Waals surface area contributed by atoms with E-state index in [4.69, 9.17) is 4.52 Å². The number of alkyl halides is 3. The number of nitrogens with zero attached hydrogens (tertiary/aromatic N) is 4. The van der Waals surface area contributed by atoms with Gasteiger partial charge in [0, 0.05) is 5.56 Å². The van der Waals surface area contributed by atoms with Crippen LogP contribution in [0, 0.1) is 5.92 Å². The first-order valence-electron chi connectivity index (χ1n) is 11.2. The maximum atomic E-state index is 13.5. The molecule has 0 N–H and O–H groups in total. The van der Waals surface area contributed by atoms with Gasteiger partial charge in [0.25, 0.3) is 5.89 Å². The van der Waals surface area contributed by atoms with Crippen LogP contribution in [0.5, 0.6) is 0 Å².